The zero-order valence-corrected chi connectivity index (χ0v) is 21.1. The molecule has 32 heavy (non-hydrogen) atoms. The molecular formula is C24H39N3O4S. The molecule has 1 aliphatic heterocycles. The SMILES string of the molecule is Cc1cc(NC(=O)C2CCC(NS(=O)(=O)C(C)(C)C)CC2)ccc1N1CC(C)OC(C)C1. The van der Waals surface area contributed by atoms with Gasteiger partial charge < -0.3 is 15.0 Å². The smallest absolute Gasteiger partial charge is 0.227 e. The van der Waals surface area contributed by atoms with Crippen LogP contribution < -0.4 is 14.9 Å². The van der Waals surface area contributed by atoms with E-state index in [0.717, 1.165) is 24.3 Å². The van der Waals surface area contributed by atoms with Gasteiger partial charge in [0.1, 0.15) is 0 Å². The molecule has 0 spiro atoms. The van der Waals surface area contributed by atoms with E-state index in [-0.39, 0.29) is 30.1 Å². The molecule has 2 atom stereocenters. The van der Waals surface area contributed by atoms with Gasteiger partial charge in [-0.25, -0.2) is 13.1 Å². The highest BCUT2D eigenvalue weighted by molar-refractivity contribution is 7.90. The van der Waals surface area contributed by atoms with Crippen LogP contribution >= 0.6 is 0 Å². The monoisotopic (exact) mass is 465 g/mol. The topological polar surface area (TPSA) is 87.7 Å². The summed E-state index contributed by atoms with van der Waals surface area (Å²) in [5, 5.41) is 3.07. The number of amides is 1. The zero-order chi connectivity index (χ0) is 23.7. The summed E-state index contributed by atoms with van der Waals surface area (Å²) in [5.41, 5.74) is 3.11. The van der Waals surface area contributed by atoms with Crippen molar-refractivity contribution in [3.05, 3.63) is 23.8 Å². The van der Waals surface area contributed by atoms with Gasteiger partial charge in [0.2, 0.25) is 15.9 Å². The van der Waals surface area contributed by atoms with E-state index >= 15 is 0 Å². The molecule has 2 fully saturated rings. The fraction of sp³-hybridized carbons (Fsp3) is 0.708. The van der Waals surface area contributed by atoms with Crippen molar-refractivity contribution in [2.45, 2.75) is 90.2 Å². The minimum absolute atomic E-state index is 0.0166. The Bertz CT molecular complexity index is 908. The molecule has 1 amide bonds. The molecule has 1 aliphatic carbocycles. The number of rotatable bonds is 5. The lowest BCUT2D eigenvalue weighted by Gasteiger charge is -2.37. The highest BCUT2D eigenvalue weighted by atomic mass is 32.2. The third kappa shape index (κ3) is 6.02. The summed E-state index contributed by atoms with van der Waals surface area (Å²) in [4.78, 5) is 15.2. The summed E-state index contributed by atoms with van der Waals surface area (Å²) in [6.45, 7) is 13.1. The highest BCUT2D eigenvalue weighted by Crippen LogP contribution is 2.30. The van der Waals surface area contributed by atoms with E-state index < -0.39 is 14.8 Å². The van der Waals surface area contributed by atoms with Crippen molar-refractivity contribution < 1.29 is 17.9 Å². The number of carbonyl (C=O) groups is 1. The molecule has 3 rings (SSSR count). The third-order valence-corrected chi connectivity index (χ3v) is 8.71. The number of nitrogens with zero attached hydrogens (tertiary/aromatic N) is 1. The Hall–Kier alpha value is -1.64. The number of benzene rings is 1. The lowest BCUT2D eigenvalue weighted by Crippen LogP contribution is -2.46. The van der Waals surface area contributed by atoms with Crippen molar-refractivity contribution >= 4 is 27.3 Å². The van der Waals surface area contributed by atoms with Crippen LogP contribution in [0.15, 0.2) is 18.2 Å². The van der Waals surface area contributed by atoms with Gasteiger partial charge in [-0.1, -0.05) is 0 Å². The molecule has 1 aromatic carbocycles. The first kappa shape index (κ1) is 25.0. The fourth-order valence-corrected chi connectivity index (χ4v) is 5.60. The summed E-state index contributed by atoms with van der Waals surface area (Å²) >= 11 is 0. The maximum absolute atomic E-state index is 12.8. The summed E-state index contributed by atoms with van der Waals surface area (Å²) in [5.74, 6) is -0.0748. The maximum atomic E-state index is 12.8. The van der Waals surface area contributed by atoms with E-state index in [1.165, 1.54) is 5.69 Å². The van der Waals surface area contributed by atoms with Crippen LogP contribution in [0.25, 0.3) is 0 Å². The molecule has 0 bridgehead atoms. The number of anilines is 2. The predicted octanol–water partition coefficient (Wildman–Crippen LogP) is 3.82. The van der Waals surface area contributed by atoms with Gasteiger partial charge >= 0.3 is 0 Å². The standard InChI is InChI=1S/C24H39N3O4S/c1-16-13-21(11-12-22(16)27-14-17(2)31-18(3)15-27)25-23(28)19-7-9-20(10-8-19)26-32(29,30)24(4,5)6/h11-13,17-20,26H,7-10,14-15H2,1-6H3,(H,25,28). The molecule has 2 aliphatic rings. The first-order valence-corrected chi connectivity index (χ1v) is 13.2. The van der Waals surface area contributed by atoms with E-state index in [9.17, 15) is 13.2 Å². The summed E-state index contributed by atoms with van der Waals surface area (Å²) in [7, 11) is -3.37. The van der Waals surface area contributed by atoms with Crippen LogP contribution in [0.2, 0.25) is 0 Å². The van der Waals surface area contributed by atoms with Gasteiger partial charge in [-0.2, -0.15) is 0 Å². The second-order valence-electron chi connectivity index (χ2n) is 10.4. The van der Waals surface area contributed by atoms with Gasteiger partial charge in [0.25, 0.3) is 0 Å². The van der Waals surface area contributed by atoms with Crippen molar-refractivity contribution in [3.8, 4) is 0 Å². The lowest BCUT2D eigenvalue weighted by atomic mass is 9.86. The molecule has 1 saturated carbocycles. The van der Waals surface area contributed by atoms with Crippen LogP contribution in [0.1, 0.15) is 65.9 Å². The van der Waals surface area contributed by atoms with Gasteiger partial charge in [0, 0.05) is 36.4 Å². The van der Waals surface area contributed by atoms with Gasteiger partial charge in [-0.05, 0) is 91.0 Å². The second kappa shape index (κ2) is 9.69. The average Bonchev–Trinajstić information content (AvgIpc) is 2.66. The van der Waals surface area contributed by atoms with Crippen molar-refractivity contribution in [3.63, 3.8) is 0 Å². The first-order chi connectivity index (χ1) is 14.9. The number of hydrogen-bond donors (Lipinski definition) is 2. The Morgan fingerprint density at radius 1 is 1.06 bits per heavy atom. The van der Waals surface area contributed by atoms with E-state index in [4.69, 9.17) is 4.74 Å². The molecule has 180 valence electrons. The molecule has 1 heterocycles. The molecule has 1 aromatic rings. The van der Waals surface area contributed by atoms with Crippen LogP contribution in [-0.2, 0) is 19.6 Å². The zero-order valence-electron chi connectivity index (χ0n) is 20.3. The number of morpholine rings is 1. The molecule has 2 N–H and O–H groups in total. The Kier molecular flexibility index (Phi) is 7.57. The largest absolute Gasteiger partial charge is 0.372 e. The minimum atomic E-state index is -3.37. The third-order valence-electron chi connectivity index (χ3n) is 6.45. The average molecular weight is 466 g/mol. The van der Waals surface area contributed by atoms with Crippen LogP contribution in [-0.4, -0.2) is 50.4 Å². The number of nitrogens with one attached hydrogen (secondary N) is 2. The van der Waals surface area contributed by atoms with Crippen molar-refractivity contribution in [1.29, 1.82) is 0 Å². The van der Waals surface area contributed by atoms with Crippen molar-refractivity contribution in [2.75, 3.05) is 23.3 Å². The molecule has 0 aromatic heterocycles. The van der Waals surface area contributed by atoms with Crippen LogP contribution in [0.5, 0.6) is 0 Å². The molecule has 8 heteroatoms. The number of sulfonamides is 1. The Morgan fingerprint density at radius 3 is 2.19 bits per heavy atom. The second-order valence-corrected chi connectivity index (χ2v) is 12.9. The summed E-state index contributed by atoms with van der Waals surface area (Å²) < 4.78 is 32.6. The van der Waals surface area contributed by atoms with Gasteiger partial charge in [0.15, 0.2) is 0 Å². The number of carbonyl (C=O) groups excluding carboxylic acids is 1. The summed E-state index contributed by atoms with van der Waals surface area (Å²) in [6, 6.07) is 5.98. The Balaban J connectivity index is 1.55. The van der Waals surface area contributed by atoms with Crippen molar-refractivity contribution in [2.24, 2.45) is 5.92 Å². The van der Waals surface area contributed by atoms with Crippen LogP contribution in [0.3, 0.4) is 0 Å². The molecule has 0 radical (unpaired) electrons. The van der Waals surface area contributed by atoms with Crippen LogP contribution in [0, 0.1) is 12.8 Å². The van der Waals surface area contributed by atoms with E-state index in [1.54, 1.807) is 20.8 Å². The molecule has 7 nitrogen and oxygen atoms in total. The lowest BCUT2D eigenvalue weighted by molar-refractivity contribution is -0.120. The number of ether oxygens (including phenoxy) is 1. The van der Waals surface area contributed by atoms with E-state index in [2.05, 4.69) is 41.8 Å². The number of hydrogen-bond acceptors (Lipinski definition) is 5. The quantitative estimate of drug-likeness (QED) is 0.690. The molecule has 1 saturated heterocycles. The molecular weight excluding hydrogens is 426 g/mol. The summed E-state index contributed by atoms with van der Waals surface area (Å²) in [6.07, 6.45) is 3.12. The normalized spacial score (nSPS) is 27.2. The molecule has 2 unspecified atom stereocenters. The fourth-order valence-electron chi connectivity index (χ4n) is 4.58. The Morgan fingerprint density at radius 2 is 1.66 bits per heavy atom. The predicted molar refractivity (Wildman–Crippen MR) is 130 cm³/mol. The maximum Gasteiger partial charge on any atom is 0.227 e. The van der Waals surface area contributed by atoms with Crippen LogP contribution in [0.4, 0.5) is 11.4 Å². The van der Waals surface area contributed by atoms with E-state index in [0.29, 0.717) is 25.7 Å². The number of aryl methyl sites for hydroxylation is 1. The van der Waals surface area contributed by atoms with Gasteiger partial charge in [-0.15, -0.1) is 0 Å². The minimum Gasteiger partial charge on any atom is -0.372 e. The van der Waals surface area contributed by atoms with Crippen molar-refractivity contribution in [1.82, 2.24) is 4.72 Å². The van der Waals surface area contributed by atoms with Gasteiger partial charge in [0.05, 0.1) is 17.0 Å². The first-order valence-electron chi connectivity index (χ1n) is 11.7. The van der Waals surface area contributed by atoms with E-state index in [1.807, 2.05) is 12.1 Å². The van der Waals surface area contributed by atoms with Gasteiger partial charge in [-0.3, -0.25) is 4.79 Å². The Labute approximate surface area is 193 Å². The highest BCUT2D eigenvalue weighted by Gasteiger charge is 2.34.